The van der Waals surface area contributed by atoms with Gasteiger partial charge >= 0.3 is 0 Å². The van der Waals surface area contributed by atoms with E-state index in [0.29, 0.717) is 0 Å². The van der Waals surface area contributed by atoms with E-state index >= 15 is 0 Å². The average molecular weight is 291 g/mol. The maximum atomic E-state index is 3.58. The molecular formula is C14H11BrS. The van der Waals surface area contributed by atoms with Crippen LogP contribution >= 0.6 is 27.7 Å². The Labute approximate surface area is 109 Å². The van der Waals surface area contributed by atoms with E-state index in [2.05, 4.69) is 45.6 Å². The van der Waals surface area contributed by atoms with Gasteiger partial charge in [-0.2, -0.15) is 0 Å². The van der Waals surface area contributed by atoms with Crippen molar-refractivity contribution in [3.8, 4) is 0 Å². The summed E-state index contributed by atoms with van der Waals surface area (Å²) in [6.45, 7) is 0. The molecule has 80 valence electrons. The Kier molecular flexibility index (Phi) is 4.25. The third-order valence-electron chi connectivity index (χ3n) is 2.09. The molecule has 0 radical (unpaired) electrons. The first-order chi connectivity index (χ1) is 7.86. The molecule has 0 aliphatic heterocycles. The summed E-state index contributed by atoms with van der Waals surface area (Å²) >= 11 is 5.30. The van der Waals surface area contributed by atoms with Crippen LogP contribution in [0.15, 0.2) is 71.0 Å². The Bertz CT molecular complexity index is 463. The smallest absolute Gasteiger partial charge is 0.0314 e. The molecule has 0 aliphatic carbocycles. The van der Waals surface area contributed by atoms with E-state index < -0.39 is 0 Å². The second-order valence-corrected chi connectivity index (χ2v) is 5.06. The van der Waals surface area contributed by atoms with Gasteiger partial charge in [0.15, 0.2) is 0 Å². The van der Waals surface area contributed by atoms with Crippen molar-refractivity contribution in [1.29, 1.82) is 0 Å². The molecular weight excluding hydrogens is 280 g/mol. The summed E-state index contributed by atoms with van der Waals surface area (Å²) in [5.74, 6) is 0. The van der Waals surface area contributed by atoms with Gasteiger partial charge in [-0.1, -0.05) is 60.3 Å². The van der Waals surface area contributed by atoms with Crippen molar-refractivity contribution in [1.82, 2.24) is 0 Å². The Balaban J connectivity index is 2.09. The lowest BCUT2D eigenvalue weighted by Crippen LogP contribution is -1.73. The van der Waals surface area contributed by atoms with Gasteiger partial charge in [0, 0.05) is 9.38 Å². The Hall–Kier alpha value is -0.990. The van der Waals surface area contributed by atoms with Crippen molar-refractivity contribution in [2.75, 3.05) is 0 Å². The van der Waals surface area contributed by atoms with Crippen molar-refractivity contribution >= 4 is 32.2 Å². The first-order valence-corrected chi connectivity index (χ1v) is 6.66. The zero-order valence-electron chi connectivity index (χ0n) is 8.64. The topological polar surface area (TPSA) is 0 Å². The zero-order valence-corrected chi connectivity index (χ0v) is 11.0. The van der Waals surface area contributed by atoms with Gasteiger partial charge in [-0.05, 0) is 39.0 Å². The third kappa shape index (κ3) is 3.26. The van der Waals surface area contributed by atoms with Crippen LogP contribution in [0.25, 0.3) is 4.48 Å². The molecule has 16 heavy (non-hydrogen) atoms. The van der Waals surface area contributed by atoms with E-state index in [0.717, 1.165) is 4.48 Å². The second-order valence-electron chi connectivity index (χ2n) is 3.26. The van der Waals surface area contributed by atoms with Crippen LogP contribution in [0.3, 0.4) is 0 Å². The summed E-state index contributed by atoms with van der Waals surface area (Å²) in [5.41, 5.74) is 1.20. The molecule has 0 N–H and O–H groups in total. The van der Waals surface area contributed by atoms with Gasteiger partial charge in [0.1, 0.15) is 0 Å². The fourth-order valence-corrected chi connectivity index (χ4v) is 2.52. The van der Waals surface area contributed by atoms with Crippen molar-refractivity contribution in [2.45, 2.75) is 4.90 Å². The van der Waals surface area contributed by atoms with E-state index in [4.69, 9.17) is 0 Å². The summed E-state index contributed by atoms with van der Waals surface area (Å²) in [4.78, 5) is 1.25. The van der Waals surface area contributed by atoms with Crippen molar-refractivity contribution in [3.63, 3.8) is 0 Å². The fourth-order valence-electron chi connectivity index (χ4n) is 1.28. The van der Waals surface area contributed by atoms with Gasteiger partial charge in [0.2, 0.25) is 0 Å². The molecule has 0 amide bonds. The van der Waals surface area contributed by atoms with Crippen LogP contribution in [0.5, 0.6) is 0 Å². The molecule has 2 rings (SSSR count). The highest BCUT2D eigenvalue weighted by molar-refractivity contribution is 9.15. The monoisotopic (exact) mass is 290 g/mol. The van der Waals surface area contributed by atoms with E-state index in [1.807, 2.05) is 36.4 Å². The lowest BCUT2D eigenvalue weighted by Gasteiger charge is -1.99. The van der Waals surface area contributed by atoms with Crippen LogP contribution in [0.4, 0.5) is 0 Å². The highest BCUT2D eigenvalue weighted by Gasteiger charge is 1.96. The summed E-state index contributed by atoms with van der Waals surface area (Å²) in [5, 5.41) is 2.12. The number of halogens is 1. The van der Waals surface area contributed by atoms with Crippen LogP contribution in [0.1, 0.15) is 5.56 Å². The molecule has 0 aliphatic rings. The summed E-state index contributed by atoms with van der Waals surface area (Å²) in [6, 6.07) is 20.6. The number of thioether (sulfide) groups is 1. The fraction of sp³-hybridized carbons (Fsp3) is 0. The Morgan fingerprint density at radius 1 is 0.875 bits per heavy atom. The molecule has 0 unspecified atom stereocenters. The highest BCUT2D eigenvalue weighted by atomic mass is 79.9. The van der Waals surface area contributed by atoms with Gasteiger partial charge < -0.3 is 0 Å². The van der Waals surface area contributed by atoms with Gasteiger partial charge in [0.05, 0.1) is 0 Å². The van der Waals surface area contributed by atoms with Gasteiger partial charge in [-0.25, -0.2) is 0 Å². The number of hydrogen-bond donors (Lipinski definition) is 0. The number of benzene rings is 2. The van der Waals surface area contributed by atoms with Crippen LogP contribution in [0.2, 0.25) is 0 Å². The molecule has 0 saturated carbocycles. The minimum Gasteiger partial charge on any atom is -0.0969 e. The summed E-state index contributed by atoms with van der Waals surface area (Å²) in [6.07, 6.45) is 0. The molecule has 0 bridgehead atoms. The third-order valence-corrected chi connectivity index (χ3v) is 3.98. The van der Waals surface area contributed by atoms with Gasteiger partial charge in [-0.3, -0.25) is 0 Å². The largest absolute Gasteiger partial charge is 0.0969 e. The summed E-state index contributed by atoms with van der Waals surface area (Å²) in [7, 11) is 0. The van der Waals surface area contributed by atoms with Gasteiger partial charge in [-0.15, -0.1) is 0 Å². The number of rotatable bonds is 3. The maximum Gasteiger partial charge on any atom is 0.0314 e. The van der Waals surface area contributed by atoms with E-state index in [1.54, 1.807) is 11.8 Å². The first kappa shape index (κ1) is 11.5. The second kappa shape index (κ2) is 5.92. The zero-order chi connectivity index (χ0) is 11.2. The quantitative estimate of drug-likeness (QED) is 0.703. The molecule has 0 saturated heterocycles. The minimum absolute atomic E-state index is 1.11. The highest BCUT2D eigenvalue weighted by Crippen LogP contribution is 2.28. The van der Waals surface area contributed by atoms with Crippen molar-refractivity contribution < 1.29 is 0 Å². The molecule has 0 nitrogen and oxygen atoms in total. The van der Waals surface area contributed by atoms with E-state index in [9.17, 15) is 0 Å². The lowest BCUT2D eigenvalue weighted by molar-refractivity contribution is 1.47. The Morgan fingerprint density at radius 3 is 2.06 bits per heavy atom. The van der Waals surface area contributed by atoms with Crippen LogP contribution in [0, 0.1) is 0 Å². The molecule has 2 aromatic carbocycles. The molecule has 0 atom stereocenters. The van der Waals surface area contributed by atoms with E-state index in [1.165, 1.54) is 10.5 Å². The summed E-state index contributed by atoms with van der Waals surface area (Å²) < 4.78 is 1.11. The first-order valence-electron chi connectivity index (χ1n) is 4.99. The standard InChI is InChI=1S/C14H11BrS/c15-14(12-7-3-1-4-8-12)11-16-13-9-5-2-6-10-13/h1-11H/b14-11-. The lowest BCUT2D eigenvalue weighted by atomic mass is 10.2. The molecule has 0 heterocycles. The molecule has 0 spiro atoms. The molecule has 0 fully saturated rings. The average Bonchev–Trinajstić information content (AvgIpc) is 2.38. The van der Waals surface area contributed by atoms with Crippen molar-refractivity contribution in [3.05, 3.63) is 71.6 Å². The molecule has 2 aromatic rings. The Morgan fingerprint density at radius 2 is 1.44 bits per heavy atom. The SMILES string of the molecule is Br/C(=C\Sc1ccccc1)c1ccccc1. The predicted molar refractivity (Wildman–Crippen MR) is 75.6 cm³/mol. The van der Waals surface area contributed by atoms with E-state index in [-0.39, 0.29) is 0 Å². The predicted octanol–water partition coefficient (Wildman–Crippen LogP) is 5.17. The normalized spacial score (nSPS) is 11.4. The van der Waals surface area contributed by atoms with Crippen molar-refractivity contribution in [2.24, 2.45) is 0 Å². The minimum atomic E-state index is 1.11. The number of hydrogen-bond acceptors (Lipinski definition) is 1. The molecule has 0 aromatic heterocycles. The van der Waals surface area contributed by atoms with Gasteiger partial charge in [0.25, 0.3) is 0 Å². The van der Waals surface area contributed by atoms with Crippen LogP contribution in [-0.4, -0.2) is 0 Å². The van der Waals surface area contributed by atoms with Crippen LogP contribution in [-0.2, 0) is 0 Å². The maximum absolute atomic E-state index is 3.58. The molecule has 2 heteroatoms. The van der Waals surface area contributed by atoms with Crippen LogP contribution < -0.4 is 0 Å².